The highest BCUT2D eigenvalue weighted by Gasteiger charge is 2.34. The third-order valence-electron chi connectivity index (χ3n) is 7.75. The van der Waals surface area contributed by atoms with Crippen molar-refractivity contribution in [1.29, 1.82) is 0 Å². The van der Waals surface area contributed by atoms with E-state index >= 15 is 0 Å². The summed E-state index contributed by atoms with van der Waals surface area (Å²) in [6.45, 7) is 6.34. The van der Waals surface area contributed by atoms with Gasteiger partial charge in [0.2, 0.25) is 11.8 Å². The Hall–Kier alpha value is -4.43. The minimum Gasteiger partial charge on any atom is -0.354 e. The largest absolute Gasteiger partial charge is 0.354 e. The number of unbranched alkanes of at least 4 members (excludes halogenated alkanes) is 1. The van der Waals surface area contributed by atoms with Crippen LogP contribution in [0.15, 0.2) is 120 Å². The Kier molecular flexibility index (Phi) is 11.9. The molecule has 1 N–H and O–H groups in total. The monoisotopic (exact) mass is 625 g/mol. The molecule has 0 aromatic heterocycles. The summed E-state index contributed by atoms with van der Waals surface area (Å²) < 4.78 is 29.4. The Bertz CT molecular complexity index is 1610. The first-order valence-corrected chi connectivity index (χ1v) is 17.0. The van der Waals surface area contributed by atoms with Crippen LogP contribution in [0.25, 0.3) is 0 Å². The number of hydrogen-bond donors (Lipinski definition) is 1. The standard InChI is InChI=1S/C37H43N3O4S/c1-4-5-25-38-37(42)35(26-30-15-9-6-10-16-30)39(27-31-17-11-7-12-18-31)36(41)28-40(33-23-21-32(22-24-33)29(2)3)45(43,44)34-19-13-8-14-20-34/h6-24,29,35H,4-5,25-28H2,1-3H3,(H,38,42)/t35-/m1/s1. The molecule has 0 unspecified atom stereocenters. The topological polar surface area (TPSA) is 86.8 Å². The van der Waals surface area contributed by atoms with Gasteiger partial charge in [0.25, 0.3) is 10.0 Å². The summed E-state index contributed by atoms with van der Waals surface area (Å²) in [5, 5.41) is 3.02. The van der Waals surface area contributed by atoms with Crippen LogP contribution in [0.2, 0.25) is 0 Å². The van der Waals surface area contributed by atoms with E-state index in [4.69, 9.17) is 0 Å². The molecular formula is C37H43N3O4S. The van der Waals surface area contributed by atoms with Crippen molar-refractivity contribution in [1.82, 2.24) is 10.2 Å². The van der Waals surface area contributed by atoms with Gasteiger partial charge in [0, 0.05) is 19.5 Å². The molecule has 0 spiro atoms. The summed E-state index contributed by atoms with van der Waals surface area (Å²) in [7, 11) is -4.13. The van der Waals surface area contributed by atoms with Crippen molar-refractivity contribution >= 4 is 27.5 Å². The van der Waals surface area contributed by atoms with Crippen molar-refractivity contribution in [3.63, 3.8) is 0 Å². The Morgan fingerprint density at radius 2 is 1.31 bits per heavy atom. The molecule has 0 saturated heterocycles. The van der Waals surface area contributed by atoms with Gasteiger partial charge in [-0.25, -0.2) is 8.42 Å². The molecule has 0 bridgehead atoms. The average molecular weight is 626 g/mol. The van der Waals surface area contributed by atoms with Crippen molar-refractivity contribution < 1.29 is 18.0 Å². The minimum absolute atomic E-state index is 0.0819. The van der Waals surface area contributed by atoms with Crippen LogP contribution in [0.4, 0.5) is 5.69 Å². The van der Waals surface area contributed by atoms with Crippen molar-refractivity contribution in [2.24, 2.45) is 0 Å². The molecule has 236 valence electrons. The second-order valence-corrected chi connectivity index (χ2v) is 13.3. The number of anilines is 1. The molecule has 0 radical (unpaired) electrons. The number of nitrogens with one attached hydrogen (secondary N) is 1. The van der Waals surface area contributed by atoms with Crippen LogP contribution in [-0.2, 0) is 32.6 Å². The molecule has 0 fully saturated rings. The molecule has 4 aromatic carbocycles. The van der Waals surface area contributed by atoms with Crippen LogP contribution in [0.5, 0.6) is 0 Å². The smallest absolute Gasteiger partial charge is 0.264 e. The number of amides is 2. The molecular weight excluding hydrogens is 582 g/mol. The molecule has 0 aliphatic carbocycles. The lowest BCUT2D eigenvalue weighted by molar-refractivity contribution is -0.140. The van der Waals surface area contributed by atoms with E-state index in [0.717, 1.165) is 33.8 Å². The van der Waals surface area contributed by atoms with Crippen LogP contribution >= 0.6 is 0 Å². The number of carbonyl (C=O) groups is 2. The van der Waals surface area contributed by atoms with Crippen molar-refractivity contribution in [3.8, 4) is 0 Å². The van der Waals surface area contributed by atoms with Gasteiger partial charge < -0.3 is 10.2 Å². The van der Waals surface area contributed by atoms with Crippen LogP contribution in [-0.4, -0.2) is 44.3 Å². The third-order valence-corrected chi connectivity index (χ3v) is 9.54. The van der Waals surface area contributed by atoms with E-state index in [2.05, 4.69) is 19.2 Å². The first kappa shape index (κ1) is 33.5. The highest BCUT2D eigenvalue weighted by molar-refractivity contribution is 7.92. The zero-order valence-corrected chi connectivity index (χ0v) is 27.1. The summed E-state index contributed by atoms with van der Waals surface area (Å²) in [6, 6.07) is 33.5. The fraction of sp³-hybridized carbons (Fsp3) is 0.297. The SMILES string of the molecule is CCCCNC(=O)[C@@H](Cc1ccccc1)N(Cc1ccccc1)C(=O)CN(c1ccc(C(C)C)cc1)S(=O)(=O)c1ccccc1. The Labute approximate surface area is 268 Å². The van der Waals surface area contributed by atoms with Gasteiger partial charge in [0.05, 0.1) is 10.6 Å². The molecule has 4 rings (SSSR count). The van der Waals surface area contributed by atoms with Gasteiger partial charge in [0.15, 0.2) is 0 Å². The average Bonchev–Trinajstić information content (AvgIpc) is 3.06. The first-order valence-electron chi connectivity index (χ1n) is 15.5. The van der Waals surface area contributed by atoms with Crippen molar-refractivity contribution in [2.45, 2.75) is 63.4 Å². The number of rotatable bonds is 15. The summed E-state index contributed by atoms with van der Waals surface area (Å²) in [5.41, 5.74) is 3.17. The van der Waals surface area contributed by atoms with Gasteiger partial charge in [0.1, 0.15) is 12.6 Å². The molecule has 0 saturated carbocycles. The van der Waals surface area contributed by atoms with Crippen molar-refractivity contribution in [2.75, 3.05) is 17.4 Å². The summed E-state index contributed by atoms with van der Waals surface area (Å²) in [4.78, 5) is 29.9. The van der Waals surface area contributed by atoms with E-state index in [1.54, 1.807) is 30.3 Å². The quantitative estimate of drug-likeness (QED) is 0.152. The highest BCUT2D eigenvalue weighted by Crippen LogP contribution is 2.27. The molecule has 2 amide bonds. The van der Waals surface area contributed by atoms with Gasteiger partial charge in [-0.3, -0.25) is 13.9 Å². The normalized spacial score (nSPS) is 12.0. The second-order valence-electron chi connectivity index (χ2n) is 11.4. The van der Waals surface area contributed by atoms with Gasteiger partial charge in [-0.2, -0.15) is 0 Å². The predicted molar refractivity (Wildman–Crippen MR) is 180 cm³/mol. The predicted octanol–water partition coefficient (Wildman–Crippen LogP) is 6.56. The van der Waals surface area contributed by atoms with E-state index in [1.165, 1.54) is 17.0 Å². The maximum absolute atomic E-state index is 14.5. The zero-order valence-electron chi connectivity index (χ0n) is 26.3. The lowest BCUT2D eigenvalue weighted by Gasteiger charge is -2.34. The van der Waals surface area contributed by atoms with E-state index in [-0.39, 0.29) is 29.7 Å². The maximum Gasteiger partial charge on any atom is 0.264 e. The number of benzene rings is 4. The highest BCUT2D eigenvalue weighted by atomic mass is 32.2. The summed E-state index contributed by atoms with van der Waals surface area (Å²) in [6.07, 6.45) is 2.01. The van der Waals surface area contributed by atoms with Crippen molar-refractivity contribution in [3.05, 3.63) is 132 Å². The molecule has 1 atom stereocenters. The molecule has 0 aliphatic heterocycles. The second kappa shape index (κ2) is 16.0. The number of nitrogens with zero attached hydrogens (tertiary/aromatic N) is 2. The van der Waals surface area contributed by atoms with Gasteiger partial charge >= 0.3 is 0 Å². The number of hydrogen-bond acceptors (Lipinski definition) is 4. The fourth-order valence-electron chi connectivity index (χ4n) is 5.11. The summed E-state index contributed by atoms with van der Waals surface area (Å²) in [5.74, 6) is -0.487. The van der Waals surface area contributed by atoms with E-state index in [9.17, 15) is 18.0 Å². The van der Waals surface area contributed by atoms with Gasteiger partial charge in [-0.1, -0.05) is 118 Å². The molecule has 45 heavy (non-hydrogen) atoms. The molecule has 8 heteroatoms. The van der Waals surface area contributed by atoms with Crippen LogP contribution in [0.1, 0.15) is 56.2 Å². The van der Waals surface area contributed by atoms with E-state index in [1.807, 2.05) is 79.7 Å². The molecule has 0 heterocycles. The fourth-order valence-corrected chi connectivity index (χ4v) is 6.55. The Morgan fingerprint density at radius 1 is 0.756 bits per heavy atom. The Balaban J connectivity index is 1.77. The molecule has 7 nitrogen and oxygen atoms in total. The minimum atomic E-state index is -4.13. The Morgan fingerprint density at radius 3 is 1.87 bits per heavy atom. The first-order chi connectivity index (χ1) is 21.7. The molecule has 4 aromatic rings. The molecule has 0 aliphatic rings. The van der Waals surface area contributed by atoms with Crippen LogP contribution < -0.4 is 9.62 Å². The van der Waals surface area contributed by atoms with E-state index < -0.39 is 28.5 Å². The summed E-state index contributed by atoms with van der Waals surface area (Å²) >= 11 is 0. The zero-order chi connectivity index (χ0) is 32.2. The lowest BCUT2D eigenvalue weighted by atomic mass is 10.0. The third kappa shape index (κ3) is 9.05. The lowest BCUT2D eigenvalue weighted by Crippen LogP contribution is -2.53. The van der Waals surface area contributed by atoms with Crippen LogP contribution in [0, 0.1) is 0 Å². The van der Waals surface area contributed by atoms with E-state index in [0.29, 0.717) is 12.2 Å². The maximum atomic E-state index is 14.5. The van der Waals surface area contributed by atoms with Gasteiger partial charge in [-0.05, 0) is 53.3 Å². The van der Waals surface area contributed by atoms with Crippen LogP contribution in [0.3, 0.4) is 0 Å². The number of sulfonamides is 1. The van der Waals surface area contributed by atoms with Gasteiger partial charge in [-0.15, -0.1) is 0 Å². The number of carbonyl (C=O) groups excluding carboxylic acids is 2.